The Bertz CT molecular complexity index is 472. The number of carbonyl (C=O) groups excluding carboxylic acids is 2. The van der Waals surface area contributed by atoms with Crippen LogP contribution in [0.5, 0.6) is 0 Å². The Labute approximate surface area is 183 Å². The number of carbonyl (C=O) groups is 2. The van der Waals surface area contributed by atoms with Gasteiger partial charge in [0.05, 0.1) is 0 Å². The lowest BCUT2D eigenvalue weighted by molar-refractivity contribution is -0.155. The Balaban J connectivity index is 3.47. The van der Waals surface area contributed by atoms with Gasteiger partial charge in [-0.3, -0.25) is 4.79 Å². The van der Waals surface area contributed by atoms with Gasteiger partial charge in [0.2, 0.25) is 0 Å². The van der Waals surface area contributed by atoms with Crippen LogP contribution in [0.15, 0.2) is 24.8 Å². The summed E-state index contributed by atoms with van der Waals surface area (Å²) in [5.41, 5.74) is 0. The van der Waals surface area contributed by atoms with Crippen molar-refractivity contribution in [1.82, 2.24) is 0 Å². The first-order chi connectivity index (χ1) is 14.5. The van der Waals surface area contributed by atoms with E-state index in [0.717, 1.165) is 31.8 Å². The maximum absolute atomic E-state index is 11.7. The normalized spacial score (nSPS) is 13.2. The van der Waals surface area contributed by atoms with Crippen LogP contribution in [0.4, 0.5) is 0 Å². The zero-order valence-electron chi connectivity index (χ0n) is 19.3. The molecule has 174 valence electrons. The molecule has 30 heavy (non-hydrogen) atoms. The zero-order valence-corrected chi connectivity index (χ0v) is 19.3. The van der Waals surface area contributed by atoms with E-state index in [0.29, 0.717) is 6.42 Å². The highest BCUT2D eigenvalue weighted by atomic mass is 16.6. The molecule has 0 bridgehead atoms. The van der Waals surface area contributed by atoms with E-state index < -0.39 is 18.2 Å². The summed E-state index contributed by atoms with van der Waals surface area (Å²) in [5, 5.41) is 9.82. The van der Waals surface area contributed by atoms with Gasteiger partial charge < -0.3 is 14.6 Å². The van der Waals surface area contributed by atoms with Crippen molar-refractivity contribution >= 4 is 11.9 Å². The molecule has 0 spiro atoms. The predicted octanol–water partition coefficient (Wildman–Crippen LogP) is 6.05. The van der Waals surface area contributed by atoms with Crippen molar-refractivity contribution in [2.75, 3.05) is 6.61 Å². The topological polar surface area (TPSA) is 72.8 Å². The minimum atomic E-state index is -1.04. The second-order valence-corrected chi connectivity index (χ2v) is 7.93. The fourth-order valence-corrected chi connectivity index (χ4v) is 3.04. The van der Waals surface area contributed by atoms with E-state index in [1.165, 1.54) is 57.8 Å². The van der Waals surface area contributed by atoms with Gasteiger partial charge >= 0.3 is 11.9 Å². The third-order valence-electron chi connectivity index (χ3n) is 5.07. The predicted molar refractivity (Wildman–Crippen MR) is 122 cm³/mol. The molecule has 5 nitrogen and oxygen atoms in total. The van der Waals surface area contributed by atoms with E-state index in [4.69, 9.17) is 9.47 Å². The highest BCUT2D eigenvalue weighted by molar-refractivity contribution is 5.81. The van der Waals surface area contributed by atoms with Crippen LogP contribution >= 0.6 is 0 Å². The summed E-state index contributed by atoms with van der Waals surface area (Å²) in [6.07, 6.45) is 20.0. The lowest BCUT2D eigenvalue weighted by Gasteiger charge is -2.18. The first-order valence-electron chi connectivity index (χ1n) is 11.8. The lowest BCUT2D eigenvalue weighted by Crippen LogP contribution is -2.32. The average Bonchev–Trinajstić information content (AvgIpc) is 2.74. The second kappa shape index (κ2) is 20.6. The van der Waals surface area contributed by atoms with E-state index >= 15 is 0 Å². The summed E-state index contributed by atoms with van der Waals surface area (Å²) in [6.45, 7) is 6.92. The summed E-state index contributed by atoms with van der Waals surface area (Å²) in [6, 6.07) is 0. The van der Waals surface area contributed by atoms with Crippen LogP contribution in [-0.4, -0.2) is 35.9 Å². The van der Waals surface area contributed by atoms with E-state index in [2.05, 4.69) is 25.7 Å². The molecular weight excluding hydrogens is 380 g/mol. The highest BCUT2D eigenvalue weighted by Crippen LogP contribution is 2.10. The number of hydrogen-bond donors (Lipinski definition) is 1. The second-order valence-electron chi connectivity index (χ2n) is 7.93. The minimum Gasteiger partial charge on any atom is -0.463 e. The molecule has 0 rings (SSSR count). The molecule has 0 radical (unpaired) electrons. The molecule has 0 aromatic heterocycles. The third kappa shape index (κ3) is 18.4. The molecule has 0 aliphatic rings. The Morgan fingerprint density at radius 1 is 0.900 bits per heavy atom. The molecule has 2 unspecified atom stereocenters. The van der Waals surface area contributed by atoms with Crippen molar-refractivity contribution in [3.05, 3.63) is 24.8 Å². The Kier molecular flexibility index (Phi) is 19.5. The zero-order chi connectivity index (χ0) is 22.5. The van der Waals surface area contributed by atoms with E-state index in [1.54, 1.807) is 6.92 Å². The maximum Gasteiger partial charge on any atom is 0.330 e. The summed E-state index contributed by atoms with van der Waals surface area (Å²) in [7, 11) is 0. The van der Waals surface area contributed by atoms with Crippen LogP contribution in [0, 0.1) is 0 Å². The van der Waals surface area contributed by atoms with Gasteiger partial charge in [0.1, 0.15) is 18.8 Å². The molecule has 0 aromatic carbocycles. The molecule has 0 saturated carbocycles. The van der Waals surface area contributed by atoms with Crippen LogP contribution in [0.1, 0.15) is 104 Å². The smallest absolute Gasteiger partial charge is 0.330 e. The minimum absolute atomic E-state index is 0.171. The molecule has 1 N–H and O–H groups in total. The molecular formula is C25H44O5. The van der Waals surface area contributed by atoms with Crippen LogP contribution in [0.2, 0.25) is 0 Å². The van der Waals surface area contributed by atoms with Gasteiger partial charge in [-0.05, 0) is 39.0 Å². The van der Waals surface area contributed by atoms with Crippen LogP contribution < -0.4 is 0 Å². The first-order valence-corrected chi connectivity index (χ1v) is 11.8. The Morgan fingerprint density at radius 3 is 2.00 bits per heavy atom. The number of allylic oxidation sites excluding steroid dienone is 2. The van der Waals surface area contributed by atoms with E-state index in [-0.39, 0.29) is 12.6 Å². The quantitative estimate of drug-likeness (QED) is 0.111. The fourth-order valence-electron chi connectivity index (χ4n) is 3.04. The van der Waals surface area contributed by atoms with Crippen LogP contribution in [0.3, 0.4) is 0 Å². The molecule has 0 aliphatic heterocycles. The van der Waals surface area contributed by atoms with Crippen molar-refractivity contribution in [3.8, 4) is 0 Å². The lowest BCUT2D eigenvalue weighted by atomic mass is 10.1. The van der Waals surface area contributed by atoms with Crippen molar-refractivity contribution in [1.29, 1.82) is 0 Å². The molecule has 0 heterocycles. The van der Waals surface area contributed by atoms with Crippen molar-refractivity contribution in [2.45, 2.75) is 116 Å². The summed E-state index contributed by atoms with van der Waals surface area (Å²) < 4.78 is 9.93. The maximum atomic E-state index is 11.7. The molecule has 0 aliphatic carbocycles. The van der Waals surface area contributed by atoms with Crippen molar-refractivity contribution in [3.63, 3.8) is 0 Å². The van der Waals surface area contributed by atoms with Crippen LogP contribution in [-0.2, 0) is 19.1 Å². The van der Waals surface area contributed by atoms with Gasteiger partial charge in [-0.15, -0.1) is 0 Å². The van der Waals surface area contributed by atoms with E-state index in [9.17, 15) is 14.7 Å². The third-order valence-corrected chi connectivity index (χ3v) is 5.07. The standard InChI is InChI=1S/C25H44O5/c1-4-6-7-8-9-10-11-12-13-14-15-16-17-18-19-20-25(28)29-21-23(26)22(3)30-24(27)5-2/h5,12-13,22-23,26H,2,4,6-11,14-21H2,1,3H3/b13-12-. The number of aliphatic hydroxyl groups excluding tert-OH is 1. The first kappa shape index (κ1) is 28.4. The van der Waals surface area contributed by atoms with Gasteiger partial charge in [0.25, 0.3) is 0 Å². The molecule has 5 heteroatoms. The number of unbranched alkanes of at least 4 members (excludes halogenated alkanes) is 11. The van der Waals surface area contributed by atoms with Gasteiger partial charge in [0.15, 0.2) is 0 Å². The number of esters is 2. The monoisotopic (exact) mass is 424 g/mol. The van der Waals surface area contributed by atoms with Gasteiger partial charge in [-0.2, -0.15) is 0 Å². The van der Waals surface area contributed by atoms with E-state index in [1.807, 2.05) is 0 Å². The largest absolute Gasteiger partial charge is 0.463 e. The number of aliphatic hydroxyl groups is 1. The molecule has 0 amide bonds. The molecule has 0 saturated heterocycles. The number of ether oxygens (including phenoxy) is 2. The molecule has 0 aromatic rings. The van der Waals surface area contributed by atoms with Gasteiger partial charge in [0, 0.05) is 12.5 Å². The fraction of sp³-hybridized carbons (Fsp3) is 0.760. The summed E-state index contributed by atoms with van der Waals surface area (Å²) in [5.74, 6) is -0.935. The number of rotatable bonds is 20. The number of hydrogen-bond acceptors (Lipinski definition) is 5. The Morgan fingerprint density at radius 2 is 1.43 bits per heavy atom. The molecule has 0 fully saturated rings. The van der Waals surface area contributed by atoms with Crippen molar-refractivity contribution in [2.24, 2.45) is 0 Å². The van der Waals surface area contributed by atoms with Crippen molar-refractivity contribution < 1.29 is 24.2 Å². The van der Waals surface area contributed by atoms with Gasteiger partial charge in [-0.1, -0.05) is 77.0 Å². The highest BCUT2D eigenvalue weighted by Gasteiger charge is 2.19. The molecule has 2 atom stereocenters. The summed E-state index contributed by atoms with van der Waals surface area (Å²) >= 11 is 0. The van der Waals surface area contributed by atoms with Gasteiger partial charge in [-0.25, -0.2) is 4.79 Å². The average molecular weight is 425 g/mol. The SMILES string of the molecule is C=CC(=O)OC(C)C(O)COC(=O)CCCCCCC/C=C\CCCCCCCC. The van der Waals surface area contributed by atoms with Crippen LogP contribution in [0.25, 0.3) is 0 Å². The summed E-state index contributed by atoms with van der Waals surface area (Å²) in [4.78, 5) is 22.8. The Hall–Kier alpha value is -1.62.